The van der Waals surface area contributed by atoms with Gasteiger partial charge in [-0.15, -0.1) is 0 Å². The third-order valence-electron chi connectivity index (χ3n) is 4.08. The highest BCUT2D eigenvalue weighted by atomic mass is 16.5. The molecule has 5 nitrogen and oxygen atoms in total. The van der Waals surface area contributed by atoms with E-state index in [0.717, 1.165) is 30.0 Å². The molecule has 5 heteroatoms. The summed E-state index contributed by atoms with van der Waals surface area (Å²) in [6.07, 6.45) is 2.18. The molecule has 1 N–H and O–H groups in total. The molecular formula is C16H20N2O3. The van der Waals surface area contributed by atoms with Gasteiger partial charge in [-0.1, -0.05) is 17.3 Å². The molecule has 0 aliphatic carbocycles. The first kappa shape index (κ1) is 14.1. The molecule has 1 saturated heterocycles. The van der Waals surface area contributed by atoms with Crippen LogP contribution in [0.4, 0.5) is 0 Å². The minimum atomic E-state index is -0.304. The SMILES string of the molecule is COc1cccc([C@H]2C[C@H](O)CN2Cc2cnoc2C)c1. The number of rotatable bonds is 4. The molecule has 0 saturated carbocycles. The zero-order valence-corrected chi connectivity index (χ0v) is 12.3. The second-order valence-electron chi connectivity index (χ2n) is 5.52. The lowest BCUT2D eigenvalue weighted by Gasteiger charge is -2.24. The van der Waals surface area contributed by atoms with Crippen LogP contribution in [0.3, 0.4) is 0 Å². The van der Waals surface area contributed by atoms with Gasteiger partial charge in [0, 0.05) is 24.7 Å². The second kappa shape index (κ2) is 5.87. The molecule has 112 valence electrons. The first-order chi connectivity index (χ1) is 10.2. The van der Waals surface area contributed by atoms with Crippen molar-refractivity contribution in [1.29, 1.82) is 0 Å². The first-order valence-electron chi connectivity index (χ1n) is 7.13. The van der Waals surface area contributed by atoms with Crippen molar-refractivity contribution >= 4 is 0 Å². The Kier molecular flexibility index (Phi) is 3.94. The number of hydrogen-bond donors (Lipinski definition) is 1. The highest BCUT2D eigenvalue weighted by Gasteiger charge is 2.32. The summed E-state index contributed by atoms with van der Waals surface area (Å²) in [5.74, 6) is 1.68. The fraction of sp³-hybridized carbons (Fsp3) is 0.438. The van der Waals surface area contributed by atoms with Crippen LogP contribution in [-0.2, 0) is 6.54 Å². The minimum Gasteiger partial charge on any atom is -0.497 e. The second-order valence-corrected chi connectivity index (χ2v) is 5.52. The smallest absolute Gasteiger partial charge is 0.138 e. The van der Waals surface area contributed by atoms with E-state index in [1.54, 1.807) is 13.3 Å². The van der Waals surface area contributed by atoms with Crippen LogP contribution in [0.5, 0.6) is 5.75 Å². The van der Waals surface area contributed by atoms with Crippen molar-refractivity contribution in [3.63, 3.8) is 0 Å². The fourth-order valence-electron chi connectivity index (χ4n) is 2.94. The predicted molar refractivity (Wildman–Crippen MR) is 78.0 cm³/mol. The van der Waals surface area contributed by atoms with Crippen LogP contribution in [0, 0.1) is 6.92 Å². The van der Waals surface area contributed by atoms with Crippen LogP contribution in [-0.4, -0.2) is 34.9 Å². The zero-order valence-electron chi connectivity index (χ0n) is 12.3. The number of β-amino-alcohol motifs (C(OH)–C–C–N with tert-alkyl or cyclic N) is 1. The maximum Gasteiger partial charge on any atom is 0.138 e. The van der Waals surface area contributed by atoms with Gasteiger partial charge in [-0.2, -0.15) is 0 Å². The Balaban J connectivity index is 1.83. The summed E-state index contributed by atoms with van der Waals surface area (Å²) in [5.41, 5.74) is 2.23. The Bertz CT molecular complexity index is 611. The van der Waals surface area contributed by atoms with Gasteiger partial charge in [0.15, 0.2) is 0 Å². The summed E-state index contributed by atoms with van der Waals surface area (Å²) in [6, 6.07) is 8.23. The molecule has 2 atom stereocenters. The number of aryl methyl sites for hydroxylation is 1. The van der Waals surface area contributed by atoms with Gasteiger partial charge in [-0.3, -0.25) is 4.90 Å². The average molecular weight is 288 g/mol. The lowest BCUT2D eigenvalue weighted by atomic mass is 10.0. The summed E-state index contributed by atoms with van der Waals surface area (Å²) in [7, 11) is 1.67. The van der Waals surface area contributed by atoms with Crippen molar-refractivity contribution in [2.45, 2.75) is 32.0 Å². The van der Waals surface area contributed by atoms with E-state index in [0.29, 0.717) is 6.54 Å². The van der Waals surface area contributed by atoms with E-state index in [9.17, 15) is 5.11 Å². The van der Waals surface area contributed by atoms with E-state index in [4.69, 9.17) is 9.26 Å². The molecule has 21 heavy (non-hydrogen) atoms. The third kappa shape index (κ3) is 2.94. The van der Waals surface area contributed by atoms with E-state index in [1.165, 1.54) is 5.56 Å². The number of aliphatic hydroxyl groups is 1. The molecule has 0 radical (unpaired) electrons. The maximum atomic E-state index is 10.0. The van der Waals surface area contributed by atoms with Gasteiger partial charge in [0.2, 0.25) is 0 Å². The molecule has 1 aromatic carbocycles. The number of nitrogens with zero attached hydrogens (tertiary/aromatic N) is 2. The quantitative estimate of drug-likeness (QED) is 0.935. The Morgan fingerprint density at radius 3 is 3.05 bits per heavy atom. The summed E-state index contributed by atoms with van der Waals surface area (Å²) < 4.78 is 10.4. The molecule has 2 aromatic rings. The van der Waals surface area contributed by atoms with Gasteiger partial charge in [0.25, 0.3) is 0 Å². The number of likely N-dealkylation sites (tertiary alicyclic amines) is 1. The van der Waals surface area contributed by atoms with Crippen molar-refractivity contribution < 1.29 is 14.4 Å². The number of hydrogen-bond acceptors (Lipinski definition) is 5. The number of ether oxygens (including phenoxy) is 1. The van der Waals surface area contributed by atoms with Crippen molar-refractivity contribution in [3.05, 3.63) is 47.3 Å². The maximum absolute atomic E-state index is 10.0. The van der Waals surface area contributed by atoms with Gasteiger partial charge in [-0.05, 0) is 31.0 Å². The van der Waals surface area contributed by atoms with Crippen molar-refractivity contribution in [3.8, 4) is 5.75 Å². The third-order valence-corrected chi connectivity index (χ3v) is 4.08. The summed E-state index contributed by atoms with van der Waals surface area (Å²) in [4.78, 5) is 2.26. The van der Waals surface area contributed by atoms with Crippen molar-refractivity contribution in [2.75, 3.05) is 13.7 Å². The van der Waals surface area contributed by atoms with Crippen LogP contribution in [0.25, 0.3) is 0 Å². The Hall–Kier alpha value is -1.85. The molecule has 1 fully saturated rings. The van der Waals surface area contributed by atoms with E-state index in [2.05, 4.69) is 16.1 Å². The molecule has 0 bridgehead atoms. The van der Waals surface area contributed by atoms with Crippen LogP contribution in [0.1, 0.15) is 29.3 Å². The van der Waals surface area contributed by atoms with Gasteiger partial charge in [-0.25, -0.2) is 0 Å². The van der Waals surface area contributed by atoms with Crippen molar-refractivity contribution in [1.82, 2.24) is 10.1 Å². The minimum absolute atomic E-state index is 0.185. The predicted octanol–water partition coefficient (Wildman–Crippen LogP) is 2.30. The van der Waals surface area contributed by atoms with E-state index < -0.39 is 0 Å². The molecular weight excluding hydrogens is 268 g/mol. The molecule has 0 amide bonds. The summed E-state index contributed by atoms with van der Waals surface area (Å²) in [5, 5.41) is 13.9. The van der Waals surface area contributed by atoms with Gasteiger partial charge >= 0.3 is 0 Å². The van der Waals surface area contributed by atoms with E-state index in [1.807, 2.05) is 25.1 Å². The van der Waals surface area contributed by atoms with Crippen LogP contribution >= 0.6 is 0 Å². The van der Waals surface area contributed by atoms with Crippen molar-refractivity contribution in [2.24, 2.45) is 0 Å². The number of benzene rings is 1. The summed E-state index contributed by atoms with van der Waals surface area (Å²) >= 11 is 0. The van der Waals surface area contributed by atoms with E-state index >= 15 is 0 Å². The molecule has 0 spiro atoms. The molecule has 1 aliphatic rings. The standard InChI is InChI=1S/C16H20N2O3/c1-11-13(8-17-21-11)9-18-10-14(19)7-16(18)12-4-3-5-15(6-12)20-2/h3-6,8,14,16,19H,7,9-10H2,1-2H3/t14-,16+/m0/s1. The monoisotopic (exact) mass is 288 g/mol. The molecule has 1 aromatic heterocycles. The topological polar surface area (TPSA) is 58.7 Å². The van der Waals surface area contributed by atoms with Crippen LogP contribution in [0.15, 0.2) is 35.0 Å². The molecule has 0 unspecified atom stereocenters. The normalized spacial score (nSPS) is 22.6. The largest absolute Gasteiger partial charge is 0.497 e. The first-order valence-corrected chi connectivity index (χ1v) is 7.13. The Labute approximate surface area is 124 Å². The van der Waals surface area contributed by atoms with Crippen LogP contribution < -0.4 is 4.74 Å². The van der Waals surface area contributed by atoms with Gasteiger partial charge in [0.05, 0.1) is 19.4 Å². The Morgan fingerprint density at radius 2 is 2.33 bits per heavy atom. The highest BCUT2D eigenvalue weighted by Crippen LogP contribution is 2.35. The van der Waals surface area contributed by atoms with Crippen LogP contribution in [0.2, 0.25) is 0 Å². The lowest BCUT2D eigenvalue weighted by Crippen LogP contribution is -2.24. The number of methoxy groups -OCH3 is 1. The Morgan fingerprint density at radius 1 is 1.48 bits per heavy atom. The highest BCUT2D eigenvalue weighted by molar-refractivity contribution is 5.31. The number of aliphatic hydroxyl groups excluding tert-OH is 1. The number of aromatic nitrogens is 1. The average Bonchev–Trinajstić information content (AvgIpc) is 3.06. The fourth-order valence-corrected chi connectivity index (χ4v) is 2.94. The van der Waals surface area contributed by atoms with E-state index in [-0.39, 0.29) is 12.1 Å². The zero-order chi connectivity index (χ0) is 14.8. The van der Waals surface area contributed by atoms with Gasteiger partial charge in [0.1, 0.15) is 11.5 Å². The summed E-state index contributed by atoms with van der Waals surface area (Å²) in [6.45, 7) is 3.30. The lowest BCUT2D eigenvalue weighted by molar-refractivity contribution is 0.172. The molecule has 3 rings (SSSR count). The molecule has 1 aliphatic heterocycles. The van der Waals surface area contributed by atoms with Gasteiger partial charge < -0.3 is 14.4 Å². The molecule has 2 heterocycles.